The molecule has 1 amide bonds. The first-order valence-electron chi connectivity index (χ1n) is 4.22. The summed E-state index contributed by atoms with van der Waals surface area (Å²) >= 11 is 0. The van der Waals surface area contributed by atoms with Crippen LogP contribution in [-0.4, -0.2) is 24.2 Å². The average Bonchev–Trinajstić information content (AvgIpc) is 2.02. The topological polar surface area (TPSA) is 49.3 Å². The summed E-state index contributed by atoms with van der Waals surface area (Å²) in [7, 11) is 0. The zero-order valence-corrected chi connectivity index (χ0v) is 7.71. The van der Waals surface area contributed by atoms with Gasteiger partial charge in [-0.1, -0.05) is 13.0 Å². The van der Waals surface area contributed by atoms with Crippen LogP contribution in [0.25, 0.3) is 0 Å². The lowest BCUT2D eigenvalue weighted by atomic mass is 10.1. The standard InChI is InChI=1S/C9H17NO2/c1-3-4-9(12)10-7-8(2)5-6-11/h3-4,8,11H,5-7H2,1-2H3,(H,10,12). The Hall–Kier alpha value is -0.830. The third kappa shape index (κ3) is 5.92. The molecular formula is C9H17NO2. The Bertz CT molecular complexity index is 155. The molecule has 0 spiro atoms. The van der Waals surface area contributed by atoms with Crippen molar-refractivity contribution in [2.75, 3.05) is 13.2 Å². The molecule has 0 heterocycles. The van der Waals surface area contributed by atoms with Gasteiger partial charge >= 0.3 is 0 Å². The molecule has 0 radical (unpaired) electrons. The van der Waals surface area contributed by atoms with E-state index in [0.717, 1.165) is 6.42 Å². The van der Waals surface area contributed by atoms with Crippen molar-refractivity contribution in [1.29, 1.82) is 0 Å². The van der Waals surface area contributed by atoms with Gasteiger partial charge in [-0.3, -0.25) is 4.79 Å². The van der Waals surface area contributed by atoms with Crippen LogP contribution in [0.2, 0.25) is 0 Å². The maximum Gasteiger partial charge on any atom is 0.243 e. The molecule has 1 unspecified atom stereocenters. The van der Waals surface area contributed by atoms with Crippen LogP contribution >= 0.6 is 0 Å². The van der Waals surface area contributed by atoms with Crippen LogP contribution in [-0.2, 0) is 4.79 Å². The van der Waals surface area contributed by atoms with Gasteiger partial charge in [0.05, 0.1) is 0 Å². The molecule has 3 nitrogen and oxygen atoms in total. The first kappa shape index (κ1) is 11.2. The monoisotopic (exact) mass is 171 g/mol. The summed E-state index contributed by atoms with van der Waals surface area (Å²) in [6.45, 7) is 4.60. The van der Waals surface area contributed by atoms with Gasteiger partial charge in [0.15, 0.2) is 0 Å². The maximum atomic E-state index is 10.9. The summed E-state index contributed by atoms with van der Waals surface area (Å²) in [5.74, 6) is 0.270. The molecule has 0 aliphatic rings. The number of allylic oxidation sites excluding steroid dienone is 1. The molecular weight excluding hydrogens is 154 g/mol. The van der Waals surface area contributed by atoms with Gasteiger partial charge in [-0.15, -0.1) is 0 Å². The van der Waals surface area contributed by atoms with Gasteiger partial charge in [0.2, 0.25) is 5.91 Å². The molecule has 0 aromatic carbocycles. The number of rotatable bonds is 5. The van der Waals surface area contributed by atoms with Crippen molar-refractivity contribution in [2.45, 2.75) is 20.3 Å². The largest absolute Gasteiger partial charge is 0.396 e. The van der Waals surface area contributed by atoms with Crippen LogP contribution in [0.4, 0.5) is 0 Å². The van der Waals surface area contributed by atoms with E-state index in [-0.39, 0.29) is 12.5 Å². The first-order valence-corrected chi connectivity index (χ1v) is 4.22. The lowest BCUT2D eigenvalue weighted by Gasteiger charge is -2.09. The summed E-state index contributed by atoms with van der Waals surface area (Å²) in [6, 6.07) is 0. The van der Waals surface area contributed by atoms with Crippen molar-refractivity contribution in [3.05, 3.63) is 12.2 Å². The lowest BCUT2D eigenvalue weighted by Crippen LogP contribution is -2.26. The Kier molecular flexibility index (Phi) is 6.38. The van der Waals surface area contributed by atoms with Crippen LogP contribution in [0.15, 0.2) is 12.2 Å². The highest BCUT2D eigenvalue weighted by Crippen LogP contribution is 1.97. The SMILES string of the molecule is CC=CC(=O)NCC(C)CCO. The molecule has 70 valence electrons. The number of aliphatic hydroxyl groups excluding tert-OH is 1. The molecule has 3 heteroatoms. The Balaban J connectivity index is 3.46. The van der Waals surface area contributed by atoms with Crippen LogP contribution < -0.4 is 5.32 Å². The minimum absolute atomic E-state index is 0.0673. The van der Waals surface area contributed by atoms with Crippen molar-refractivity contribution in [1.82, 2.24) is 5.32 Å². The quantitative estimate of drug-likeness (QED) is 0.598. The Morgan fingerprint density at radius 1 is 1.67 bits per heavy atom. The highest BCUT2D eigenvalue weighted by atomic mass is 16.3. The number of aliphatic hydroxyl groups is 1. The van der Waals surface area contributed by atoms with Gasteiger partial charge < -0.3 is 10.4 Å². The summed E-state index contributed by atoms with van der Waals surface area (Å²) in [6.07, 6.45) is 3.92. The van der Waals surface area contributed by atoms with Crippen LogP contribution in [0.1, 0.15) is 20.3 Å². The Morgan fingerprint density at radius 2 is 2.33 bits per heavy atom. The van der Waals surface area contributed by atoms with E-state index in [2.05, 4.69) is 5.32 Å². The van der Waals surface area contributed by atoms with E-state index >= 15 is 0 Å². The number of nitrogens with one attached hydrogen (secondary N) is 1. The van der Waals surface area contributed by atoms with Crippen LogP contribution in [0, 0.1) is 5.92 Å². The fourth-order valence-electron chi connectivity index (χ4n) is 0.808. The van der Waals surface area contributed by atoms with Gasteiger partial charge in [-0.2, -0.15) is 0 Å². The molecule has 0 aromatic rings. The van der Waals surface area contributed by atoms with E-state index in [1.807, 2.05) is 6.92 Å². The van der Waals surface area contributed by atoms with Gasteiger partial charge in [-0.05, 0) is 25.3 Å². The van der Waals surface area contributed by atoms with E-state index < -0.39 is 0 Å². The first-order chi connectivity index (χ1) is 5.70. The van der Waals surface area contributed by atoms with E-state index in [0.29, 0.717) is 12.5 Å². The average molecular weight is 171 g/mol. The smallest absolute Gasteiger partial charge is 0.243 e. The molecule has 0 saturated carbocycles. The summed E-state index contributed by atoms with van der Waals surface area (Å²) in [4.78, 5) is 10.9. The van der Waals surface area contributed by atoms with Gasteiger partial charge in [0, 0.05) is 13.2 Å². The predicted octanol–water partition coefficient (Wildman–Crippen LogP) is 0.697. The zero-order chi connectivity index (χ0) is 9.40. The number of carbonyl (C=O) groups is 1. The third-order valence-electron chi connectivity index (χ3n) is 1.56. The van der Waals surface area contributed by atoms with E-state index in [9.17, 15) is 4.79 Å². The number of hydrogen-bond donors (Lipinski definition) is 2. The normalized spacial score (nSPS) is 13.2. The second kappa shape index (κ2) is 6.85. The highest BCUT2D eigenvalue weighted by Gasteiger charge is 2.01. The molecule has 0 bridgehead atoms. The minimum Gasteiger partial charge on any atom is -0.396 e. The van der Waals surface area contributed by atoms with Crippen LogP contribution in [0.5, 0.6) is 0 Å². The summed E-state index contributed by atoms with van der Waals surface area (Å²) < 4.78 is 0. The molecule has 0 fully saturated rings. The second-order valence-electron chi connectivity index (χ2n) is 2.86. The molecule has 0 aromatic heterocycles. The predicted molar refractivity (Wildman–Crippen MR) is 48.7 cm³/mol. The number of hydrogen-bond acceptors (Lipinski definition) is 2. The zero-order valence-electron chi connectivity index (χ0n) is 7.71. The Labute approximate surface area is 73.5 Å². The number of carbonyl (C=O) groups excluding carboxylic acids is 1. The number of amides is 1. The van der Waals surface area contributed by atoms with E-state index in [1.165, 1.54) is 6.08 Å². The van der Waals surface area contributed by atoms with E-state index in [1.54, 1.807) is 13.0 Å². The Morgan fingerprint density at radius 3 is 2.83 bits per heavy atom. The fraction of sp³-hybridized carbons (Fsp3) is 0.667. The third-order valence-corrected chi connectivity index (χ3v) is 1.56. The van der Waals surface area contributed by atoms with Gasteiger partial charge in [0.25, 0.3) is 0 Å². The highest BCUT2D eigenvalue weighted by molar-refractivity contribution is 5.87. The van der Waals surface area contributed by atoms with Crippen molar-refractivity contribution in [3.63, 3.8) is 0 Å². The molecule has 0 rings (SSSR count). The van der Waals surface area contributed by atoms with Gasteiger partial charge in [-0.25, -0.2) is 0 Å². The molecule has 12 heavy (non-hydrogen) atoms. The minimum atomic E-state index is -0.0673. The fourth-order valence-corrected chi connectivity index (χ4v) is 0.808. The molecule has 0 aliphatic carbocycles. The molecule has 1 atom stereocenters. The van der Waals surface area contributed by atoms with Crippen molar-refractivity contribution >= 4 is 5.91 Å². The lowest BCUT2D eigenvalue weighted by molar-refractivity contribution is -0.116. The van der Waals surface area contributed by atoms with Gasteiger partial charge in [0.1, 0.15) is 0 Å². The second-order valence-corrected chi connectivity index (χ2v) is 2.86. The van der Waals surface area contributed by atoms with Crippen molar-refractivity contribution < 1.29 is 9.90 Å². The maximum absolute atomic E-state index is 10.9. The molecule has 2 N–H and O–H groups in total. The molecule has 0 aliphatic heterocycles. The van der Waals surface area contributed by atoms with E-state index in [4.69, 9.17) is 5.11 Å². The molecule has 0 saturated heterocycles. The van der Waals surface area contributed by atoms with Crippen molar-refractivity contribution in [2.24, 2.45) is 5.92 Å². The summed E-state index contributed by atoms with van der Waals surface area (Å²) in [5.41, 5.74) is 0. The summed E-state index contributed by atoms with van der Waals surface area (Å²) in [5, 5.41) is 11.3. The van der Waals surface area contributed by atoms with Crippen molar-refractivity contribution in [3.8, 4) is 0 Å². The van der Waals surface area contributed by atoms with Crippen LogP contribution in [0.3, 0.4) is 0 Å².